The van der Waals surface area contributed by atoms with E-state index in [9.17, 15) is 9.18 Å². The first-order chi connectivity index (χ1) is 9.63. The van der Waals surface area contributed by atoms with E-state index in [4.69, 9.17) is 4.74 Å². The second-order valence-corrected chi connectivity index (χ2v) is 5.07. The van der Waals surface area contributed by atoms with Gasteiger partial charge in [0.25, 0.3) is 0 Å². The summed E-state index contributed by atoms with van der Waals surface area (Å²) in [6.07, 6.45) is 0.960. The summed E-state index contributed by atoms with van der Waals surface area (Å²) in [5, 5.41) is 3.30. The lowest BCUT2D eigenvalue weighted by atomic mass is 9.99. The molecule has 0 aliphatic carbocycles. The summed E-state index contributed by atoms with van der Waals surface area (Å²) in [5.41, 5.74) is 1.60. The number of nitrogens with one attached hydrogen (secondary N) is 1. The van der Waals surface area contributed by atoms with Crippen molar-refractivity contribution in [3.05, 3.63) is 35.1 Å². The third-order valence-electron chi connectivity index (χ3n) is 3.70. The zero-order chi connectivity index (χ0) is 14.5. The van der Waals surface area contributed by atoms with Crippen LogP contribution in [0.15, 0.2) is 18.2 Å². The normalized spacial score (nSPS) is 18.4. The zero-order valence-corrected chi connectivity index (χ0v) is 12.0. The molecule has 4 nitrogen and oxygen atoms in total. The molecule has 5 heteroatoms. The van der Waals surface area contributed by atoms with Gasteiger partial charge in [0, 0.05) is 19.6 Å². The fourth-order valence-corrected chi connectivity index (χ4v) is 2.62. The molecule has 1 fully saturated rings. The van der Waals surface area contributed by atoms with Gasteiger partial charge in [-0.15, -0.1) is 0 Å². The van der Waals surface area contributed by atoms with E-state index in [1.807, 2.05) is 6.92 Å². The average molecular weight is 280 g/mol. The average Bonchev–Trinajstić information content (AvgIpc) is 2.72. The summed E-state index contributed by atoms with van der Waals surface area (Å²) in [6, 6.07) is 4.03. The Morgan fingerprint density at radius 2 is 2.20 bits per heavy atom. The topological polar surface area (TPSA) is 41.6 Å². The summed E-state index contributed by atoms with van der Waals surface area (Å²) < 4.78 is 18.5. The lowest BCUT2D eigenvalue weighted by Gasteiger charge is -2.29. The molecule has 1 N–H and O–H groups in total. The van der Waals surface area contributed by atoms with Crippen molar-refractivity contribution in [2.24, 2.45) is 0 Å². The molecule has 0 spiro atoms. The molecule has 2 rings (SSSR count). The highest BCUT2D eigenvalue weighted by molar-refractivity contribution is 5.78. The highest BCUT2D eigenvalue weighted by atomic mass is 19.1. The zero-order valence-electron chi connectivity index (χ0n) is 12.0. The van der Waals surface area contributed by atoms with E-state index < -0.39 is 6.04 Å². The van der Waals surface area contributed by atoms with Crippen molar-refractivity contribution in [3.63, 3.8) is 0 Å². The number of halogens is 1. The molecule has 1 aromatic rings. The monoisotopic (exact) mass is 280 g/mol. The van der Waals surface area contributed by atoms with E-state index in [2.05, 4.69) is 10.2 Å². The van der Waals surface area contributed by atoms with E-state index in [0.29, 0.717) is 5.56 Å². The Morgan fingerprint density at radius 3 is 2.95 bits per heavy atom. The van der Waals surface area contributed by atoms with Gasteiger partial charge in [-0.1, -0.05) is 6.07 Å². The van der Waals surface area contributed by atoms with Gasteiger partial charge >= 0.3 is 5.97 Å². The maximum atomic E-state index is 13.5. The molecule has 1 atom stereocenters. The molecule has 1 aromatic carbocycles. The fraction of sp³-hybridized carbons (Fsp3) is 0.533. The molecule has 1 unspecified atom stereocenters. The number of nitrogens with zero attached hydrogens (tertiary/aromatic N) is 1. The number of ether oxygens (including phenoxy) is 1. The van der Waals surface area contributed by atoms with Crippen LogP contribution in [0.4, 0.5) is 4.39 Å². The molecule has 1 aliphatic rings. The summed E-state index contributed by atoms with van der Waals surface area (Å²) in [5.74, 6) is -0.659. The van der Waals surface area contributed by atoms with Gasteiger partial charge in [0.15, 0.2) is 0 Å². The molecule has 1 saturated heterocycles. The highest BCUT2D eigenvalue weighted by Gasteiger charge is 2.30. The van der Waals surface area contributed by atoms with E-state index in [1.165, 1.54) is 19.2 Å². The first kappa shape index (κ1) is 14.9. The molecule has 0 bridgehead atoms. The molecular weight excluding hydrogens is 259 g/mol. The standard InChI is InChI=1S/C15H21FN2O2/c1-11-4-5-12(16)10-13(11)14(15(19)20-2)18-8-3-6-17-7-9-18/h4-5,10,14,17H,3,6-9H2,1-2H3. The predicted molar refractivity (Wildman–Crippen MR) is 75.0 cm³/mol. The molecule has 1 aliphatic heterocycles. The Morgan fingerprint density at radius 1 is 1.40 bits per heavy atom. The van der Waals surface area contributed by atoms with E-state index >= 15 is 0 Å². The number of carbonyl (C=O) groups is 1. The number of hydrogen-bond acceptors (Lipinski definition) is 4. The molecule has 0 aromatic heterocycles. The Kier molecular flexibility index (Phi) is 5.09. The fourth-order valence-electron chi connectivity index (χ4n) is 2.62. The largest absolute Gasteiger partial charge is 0.468 e. The lowest BCUT2D eigenvalue weighted by molar-refractivity contribution is -0.147. The van der Waals surface area contributed by atoms with Crippen LogP contribution in [0.2, 0.25) is 0 Å². The van der Waals surface area contributed by atoms with Gasteiger partial charge in [0.2, 0.25) is 0 Å². The van der Waals surface area contributed by atoms with Gasteiger partial charge in [0.05, 0.1) is 7.11 Å². The minimum atomic E-state index is -0.532. The van der Waals surface area contributed by atoms with Crippen LogP contribution in [0.5, 0.6) is 0 Å². The quantitative estimate of drug-likeness (QED) is 0.855. The van der Waals surface area contributed by atoms with E-state index in [1.54, 1.807) is 6.07 Å². The molecular formula is C15H21FN2O2. The third-order valence-corrected chi connectivity index (χ3v) is 3.70. The van der Waals surface area contributed by atoms with Gasteiger partial charge in [-0.2, -0.15) is 0 Å². The number of methoxy groups -OCH3 is 1. The number of aryl methyl sites for hydroxylation is 1. The van der Waals surface area contributed by atoms with Crippen LogP contribution in [0.3, 0.4) is 0 Å². The van der Waals surface area contributed by atoms with Crippen LogP contribution in [-0.2, 0) is 9.53 Å². The molecule has 1 heterocycles. The van der Waals surface area contributed by atoms with E-state index in [0.717, 1.165) is 38.2 Å². The van der Waals surface area contributed by atoms with Gasteiger partial charge in [-0.25, -0.2) is 9.18 Å². The van der Waals surface area contributed by atoms with Crippen LogP contribution >= 0.6 is 0 Å². The van der Waals surface area contributed by atoms with Crippen molar-refractivity contribution in [1.82, 2.24) is 10.2 Å². The first-order valence-electron chi connectivity index (χ1n) is 6.92. The van der Waals surface area contributed by atoms with Crippen molar-refractivity contribution in [2.75, 3.05) is 33.3 Å². The summed E-state index contributed by atoms with van der Waals surface area (Å²) >= 11 is 0. The van der Waals surface area contributed by atoms with Crippen LogP contribution < -0.4 is 5.32 Å². The minimum Gasteiger partial charge on any atom is -0.468 e. The summed E-state index contributed by atoms with van der Waals surface area (Å²) in [7, 11) is 1.38. The van der Waals surface area contributed by atoms with Crippen LogP contribution in [-0.4, -0.2) is 44.2 Å². The highest BCUT2D eigenvalue weighted by Crippen LogP contribution is 2.26. The number of carbonyl (C=O) groups excluding carboxylic acids is 1. The smallest absolute Gasteiger partial charge is 0.327 e. The van der Waals surface area contributed by atoms with Gasteiger partial charge < -0.3 is 10.1 Å². The number of esters is 1. The molecule has 20 heavy (non-hydrogen) atoms. The maximum absolute atomic E-state index is 13.5. The van der Waals surface area contributed by atoms with Crippen LogP contribution in [0.1, 0.15) is 23.6 Å². The van der Waals surface area contributed by atoms with Crippen molar-refractivity contribution >= 4 is 5.97 Å². The lowest BCUT2D eigenvalue weighted by Crippen LogP contribution is -2.37. The number of benzene rings is 1. The Hall–Kier alpha value is -1.46. The van der Waals surface area contributed by atoms with Crippen molar-refractivity contribution < 1.29 is 13.9 Å². The minimum absolute atomic E-state index is 0.326. The Labute approximate surface area is 118 Å². The van der Waals surface area contributed by atoms with Crippen molar-refractivity contribution in [2.45, 2.75) is 19.4 Å². The Balaban J connectivity index is 2.35. The van der Waals surface area contributed by atoms with Gasteiger partial charge in [0.1, 0.15) is 11.9 Å². The molecule has 110 valence electrons. The van der Waals surface area contributed by atoms with Gasteiger partial charge in [-0.05, 0) is 43.1 Å². The Bertz CT molecular complexity index is 471. The molecule has 0 radical (unpaired) electrons. The second-order valence-electron chi connectivity index (χ2n) is 5.07. The third kappa shape index (κ3) is 3.35. The number of rotatable bonds is 3. The van der Waals surface area contributed by atoms with Crippen LogP contribution in [0.25, 0.3) is 0 Å². The predicted octanol–water partition coefficient (Wildman–Crippen LogP) is 1.64. The summed E-state index contributed by atoms with van der Waals surface area (Å²) in [4.78, 5) is 14.2. The summed E-state index contributed by atoms with van der Waals surface area (Å²) in [6.45, 7) is 5.19. The van der Waals surface area contributed by atoms with E-state index in [-0.39, 0.29) is 11.8 Å². The molecule has 0 saturated carbocycles. The number of hydrogen-bond donors (Lipinski definition) is 1. The SMILES string of the molecule is COC(=O)C(c1cc(F)ccc1C)N1CCCNCC1. The van der Waals surface area contributed by atoms with Crippen molar-refractivity contribution in [3.8, 4) is 0 Å². The van der Waals surface area contributed by atoms with Crippen molar-refractivity contribution in [1.29, 1.82) is 0 Å². The van der Waals surface area contributed by atoms with Gasteiger partial charge in [-0.3, -0.25) is 4.90 Å². The molecule has 0 amide bonds. The second kappa shape index (κ2) is 6.81. The maximum Gasteiger partial charge on any atom is 0.327 e. The first-order valence-corrected chi connectivity index (χ1v) is 6.92. The van der Waals surface area contributed by atoms with Crippen LogP contribution in [0, 0.1) is 12.7 Å².